The van der Waals surface area contributed by atoms with Crippen molar-refractivity contribution in [3.8, 4) is 17.6 Å². The highest BCUT2D eigenvalue weighted by molar-refractivity contribution is 14.1. The molecule has 0 N–H and O–H groups in total. The zero-order valence-electron chi connectivity index (χ0n) is 17.7. The second kappa shape index (κ2) is 10.3. The minimum atomic E-state index is 0.445. The van der Waals surface area contributed by atoms with Gasteiger partial charge < -0.3 is 9.47 Å². The molecule has 158 valence electrons. The van der Waals surface area contributed by atoms with E-state index in [9.17, 15) is 5.26 Å². The molecule has 0 bridgehead atoms. The Morgan fingerprint density at radius 2 is 1.69 bits per heavy atom. The minimum absolute atomic E-state index is 0.445. The zero-order valence-corrected chi connectivity index (χ0v) is 19.9. The summed E-state index contributed by atoms with van der Waals surface area (Å²) in [5.74, 6) is 1.40. The number of allylic oxidation sites excluding steroid dienone is 1. The fourth-order valence-corrected chi connectivity index (χ4v) is 4.39. The van der Waals surface area contributed by atoms with Crippen LogP contribution < -0.4 is 9.47 Å². The summed E-state index contributed by atoms with van der Waals surface area (Å²) in [5.41, 5.74) is 3.52. The maximum atomic E-state index is 9.66. The number of rotatable bonds is 7. The third-order valence-corrected chi connectivity index (χ3v) is 5.90. The van der Waals surface area contributed by atoms with E-state index in [1.165, 1.54) is 10.8 Å². The van der Waals surface area contributed by atoms with Crippen LogP contribution in [0.3, 0.4) is 0 Å². The lowest BCUT2D eigenvalue weighted by atomic mass is 10.0. The Kier molecular flexibility index (Phi) is 7.08. The van der Waals surface area contributed by atoms with Gasteiger partial charge in [-0.2, -0.15) is 5.26 Å². The number of hydrogen-bond acceptors (Lipinski definition) is 3. The van der Waals surface area contributed by atoms with Gasteiger partial charge in [-0.1, -0.05) is 72.8 Å². The summed E-state index contributed by atoms with van der Waals surface area (Å²) < 4.78 is 13.1. The molecular formula is C28H22INO2. The van der Waals surface area contributed by atoms with E-state index in [1.54, 1.807) is 0 Å². The van der Waals surface area contributed by atoms with Gasteiger partial charge in [0.05, 0.1) is 21.8 Å². The Morgan fingerprint density at radius 3 is 2.47 bits per heavy atom. The number of benzene rings is 4. The van der Waals surface area contributed by atoms with E-state index in [4.69, 9.17) is 9.47 Å². The fourth-order valence-electron chi connectivity index (χ4n) is 3.61. The predicted octanol–water partition coefficient (Wildman–Crippen LogP) is 7.49. The Balaban J connectivity index is 1.66. The summed E-state index contributed by atoms with van der Waals surface area (Å²) in [6.07, 6.45) is 1.88. The highest BCUT2D eigenvalue weighted by Crippen LogP contribution is 2.36. The summed E-state index contributed by atoms with van der Waals surface area (Å²) >= 11 is 2.27. The third-order valence-electron chi connectivity index (χ3n) is 5.10. The summed E-state index contributed by atoms with van der Waals surface area (Å²) in [4.78, 5) is 0. The van der Waals surface area contributed by atoms with Crippen LogP contribution >= 0.6 is 22.6 Å². The second-order valence-corrected chi connectivity index (χ2v) is 8.39. The molecule has 0 radical (unpaired) electrons. The molecule has 0 aliphatic heterocycles. The van der Waals surface area contributed by atoms with Crippen molar-refractivity contribution in [3.05, 3.63) is 105 Å². The Morgan fingerprint density at radius 1 is 0.938 bits per heavy atom. The molecule has 32 heavy (non-hydrogen) atoms. The van der Waals surface area contributed by atoms with Crippen molar-refractivity contribution in [2.24, 2.45) is 0 Å². The van der Waals surface area contributed by atoms with Crippen LogP contribution in [0.15, 0.2) is 84.9 Å². The lowest BCUT2D eigenvalue weighted by Crippen LogP contribution is -2.02. The van der Waals surface area contributed by atoms with Crippen molar-refractivity contribution in [2.45, 2.75) is 13.5 Å². The summed E-state index contributed by atoms with van der Waals surface area (Å²) in [5, 5.41) is 12.0. The molecule has 0 saturated heterocycles. The Labute approximate surface area is 202 Å². The van der Waals surface area contributed by atoms with E-state index in [2.05, 4.69) is 59.0 Å². The highest BCUT2D eigenvalue weighted by Gasteiger charge is 2.13. The van der Waals surface area contributed by atoms with Gasteiger partial charge in [0.2, 0.25) is 0 Å². The average molecular weight is 531 g/mol. The molecule has 0 aromatic heterocycles. The maximum Gasteiger partial charge on any atom is 0.175 e. The minimum Gasteiger partial charge on any atom is -0.490 e. The maximum absolute atomic E-state index is 9.66. The van der Waals surface area contributed by atoms with Crippen LogP contribution in [-0.4, -0.2) is 6.61 Å². The van der Waals surface area contributed by atoms with E-state index in [-0.39, 0.29) is 0 Å². The number of hydrogen-bond donors (Lipinski definition) is 0. The molecule has 0 fully saturated rings. The van der Waals surface area contributed by atoms with Crippen LogP contribution in [-0.2, 0) is 6.61 Å². The molecule has 0 spiro atoms. The van der Waals surface area contributed by atoms with Gasteiger partial charge in [0.15, 0.2) is 11.5 Å². The van der Waals surface area contributed by atoms with Crippen molar-refractivity contribution in [3.63, 3.8) is 0 Å². The largest absolute Gasteiger partial charge is 0.490 e. The number of halogens is 1. The summed E-state index contributed by atoms with van der Waals surface area (Å²) in [6, 6.07) is 30.5. The lowest BCUT2D eigenvalue weighted by Gasteiger charge is -2.16. The molecule has 0 aliphatic rings. The Bertz CT molecular complexity index is 1300. The molecule has 4 rings (SSSR count). The van der Waals surface area contributed by atoms with Crippen molar-refractivity contribution in [1.82, 2.24) is 0 Å². The molecule has 0 saturated carbocycles. The van der Waals surface area contributed by atoms with E-state index >= 15 is 0 Å². The number of fused-ring (bicyclic) bond motifs is 1. The number of nitriles is 1. The average Bonchev–Trinajstić information content (AvgIpc) is 2.83. The Hall–Kier alpha value is -3.30. The van der Waals surface area contributed by atoms with E-state index in [0.717, 1.165) is 26.0 Å². The molecule has 0 heterocycles. The standard InChI is InChI=1S/C28H22INO2/c1-2-31-27-17-20(15-24(18-30)21-9-4-3-5-10-21)16-26(29)28(27)32-19-23-13-8-12-22-11-6-7-14-25(22)23/h3-17H,2,19H2,1H3/b24-15-. The topological polar surface area (TPSA) is 42.2 Å². The first-order chi connectivity index (χ1) is 15.7. The van der Waals surface area contributed by atoms with Gasteiger partial charge in [-0.3, -0.25) is 0 Å². The van der Waals surface area contributed by atoms with Gasteiger partial charge >= 0.3 is 0 Å². The van der Waals surface area contributed by atoms with Gasteiger partial charge in [-0.05, 0) is 75.2 Å². The molecule has 0 amide bonds. The molecule has 4 aromatic carbocycles. The molecule has 4 heteroatoms. The first-order valence-electron chi connectivity index (χ1n) is 10.4. The van der Waals surface area contributed by atoms with Crippen LogP contribution in [0, 0.1) is 14.9 Å². The third kappa shape index (κ3) is 4.95. The smallest absolute Gasteiger partial charge is 0.175 e. The molecule has 0 aliphatic carbocycles. The molecular weight excluding hydrogens is 509 g/mol. The second-order valence-electron chi connectivity index (χ2n) is 7.23. The van der Waals surface area contributed by atoms with Crippen molar-refractivity contribution < 1.29 is 9.47 Å². The predicted molar refractivity (Wildman–Crippen MR) is 139 cm³/mol. The van der Waals surface area contributed by atoms with Gasteiger partial charge in [0.25, 0.3) is 0 Å². The zero-order chi connectivity index (χ0) is 22.3. The SMILES string of the molecule is CCOc1cc(/C=C(/C#N)c2ccccc2)cc(I)c1OCc1cccc2ccccc12. The lowest BCUT2D eigenvalue weighted by molar-refractivity contribution is 0.268. The molecule has 0 unspecified atom stereocenters. The fraction of sp³-hybridized carbons (Fsp3) is 0.107. The van der Waals surface area contributed by atoms with Crippen LogP contribution in [0.4, 0.5) is 0 Å². The van der Waals surface area contributed by atoms with Crippen LogP contribution in [0.1, 0.15) is 23.6 Å². The highest BCUT2D eigenvalue weighted by atomic mass is 127. The normalized spacial score (nSPS) is 11.2. The van der Waals surface area contributed by atoms with Gasteiger partial charge in [0.1, 0.15) is 6.61 Å². The van der Waals surface area contributed by atoms with Gasteiger partial charge in [0, 0.05) is 0 Å². The monoisotopic (exact) mass is 531 g/mol. The van der Waals surface area contributed by atoms with E-state index in [1.807, 2.05) is 67.6 Å². The van der Waals surface area contributed by atoms with E-state index in [0.29, 0.717) is 24.5 Å². The number of nitrogens with zero attached hydrogens (tertiary/aromatic N) is 1. The molecule has 3 nitrogen and oxygen atoms in total. The van der Waals surface area contributed by atoms with Crippen molar-refractivity contribution >= 4 is 45.0 Å². The number of ether oxygens (including phenoxy) is 2. The first kappa shape index (κ1) is 21.9. The van der Waals surface area contributed by atoms with Gasteiger partial charge in [-0.15, -0.1) is 0 Å². The van der Waals surface area contributed by atoms with Crippen LogP contribution in [0.5, 0.6) is 11.5 Å². The van der Waals surface area contributed by atoms with Crippen LogP contribution in [0.2, 0.25) is 0 Å². The summed E-state index contributed by atoms with van der Waals surface area (Å²) in [7, 11) is 0. The quantitative estimate of drug-likeness (QED) is 0.141. The van der Waals surface area contributed by atoms with Crippen molar-refractivity contribution in [2.75, 3.05) is 6.61 Å². The van der Waals surface area contributed by atoms with Crippen LogP contribution in [0.25, 0.3) is 22.4 Å². The van der Waals surface area contributed by atoms with Crippen molar-refractivity contribution in [1.29, 1.82) is 5.26 Å². The van der Waals surface area contributed by atoms with E-state index < -0.39 is 0 Å². The first-order valence-corrected chi connectivity index (χ1v) is 11.5. The molecule has 4 aromatic rings. The van der Waals surface area contributed by atoms with Gasteiger partial charge in [-0.25, -0.2) is 0 Å². The molecule has 0 atom stereocenters. The summed E-state index contributed by atoms with van der Waals surface area (Å²) in [6.45, 7) is 2.92.